The highest BCUT2D eigenvalue weighted by Gasteiger charge is 2.19. The average molecular weight is 369 g/mol. The smallest absolute Gasteiger partial charge is 0.293 e. The SMILES string of the molecule is COc1cc([N+](=O)[O-])cc2sc(NC(=O)c3cc4ccccc4o3)nc12. The molecule has 0 spiro atoms. The van der Waals surface area contributed by atoms with Gasteiger partial charge in [-0.25, -0.2) is 4.98 Å². The molecule has 0 bridgehead atoms. The fraction of sp³-hybridized carbons (Fsp3) is 0.0588. The van der Waals surface area contributed by atoms with Gasteiger partial charge in [-0.05, 0) is 12.1 Å². The minimum absolute atomic E-state index is 0.104. The molecule has 0 saturated heterocycles. The Kier molecular flexibility index (Phi) is 3.77. The zero-order chi connectivity index (χ0) is 18.3. The molecule has 130 valence electrons. The molecule has 0 aliphatic carbocycles. The Labute approximate surface area is 150 Å². The van der Waals surface area contributed by atoms with Crippen LogP contribution < -0.4 is 10.1 Å². The van der Waals surface area contributed by atoms with Crippen LogP contribution in [-0.2, 0) is 0 Å². The Balaban J connectivity index is 1.68. The summed E-state index contributed by atoms with van der Waals surface area (Å²) in [5.74, 6) is -0.0215. The zero-order valence-electron chi connectivity index (χ0n) is 13.4. The van der Waals surface area contributed by atoms with Gasteiger partial charge in [0.05, 0.1) is 22.8 Å². The van der Waals surface area contributed by atoms with Crippen molar-refractivity contribution in [2.24, 2.45) is 0 Å². The molecule has 1 N–H and O–H groups in total. The first-order chi connectivity index (χ1) is 12.5. The third-order valence-electron chi connectivity index (χ3n) is 3.75. The van der Waals surface area contributed by atoms with E-state index in [-0.39, 0.29) is 17.2 Å². The predicted molar refractivity (Wildman–Crippen MR) is 97.0 cm³/mol. The number of rotatable bonds is 4. The number of amides is 1. The summed E-state index contributed by atoms with van der Waals surface area (Å²) in [5.41, 5.74) is 0.954. The quantitative estimate of drug-likeness (QED) is 0.426. The number of nitrogens with zero attached hydrogens (tertiary/aromatic N) is 2. The van der Waals surface area contributed by atoms with Gasteiger partial charge in [-0.3, -0.25) is 20.2 Å². The van der Waals surface area contributed by atoms with E-state index in [1.54, 1.807) is 12.1 Å². The number of para-hydroxylation sites is 1. The summed E-state index contributed by atoms with van der Waals surface area (Å²) in [6.07, 6.45) is 0. The van der Waals surface area contributed by atoms with Crippen LogP contribution in [0.5, 0.6) is 5.75 Å². The van der Waals surface area contributed by atoms with Gasteiger partial charge in [0.2, 0.25) is 0 Å². The number of anilines is 1. The second kappa shape index (κ2) is 6.12. The number of nitro benzene ring substituents is 1. The molecule has 0 fully saturated rings. The van der Waals surface area contributed by atoms with Crippen molar-refractivity contribution < 1.29 is 18.9 Å². The van der Waals surface area contributed by atoms with Crippen LogP contribution >= 0.6 is 11.3 Å². The van der Waals surface area contributed by atoms with Crippen LogP contribution in [0.2, 0.25) is 0 Å². The number of benzene rings is 2. The Hall–Kier alpha value is -3.46. The maximum absolute atomic E-state index is 12.4. The minimum Gasteiger partial charge on any atom is -0.494 e. The summed E-state index contributed by atoms with van der Waals surface area (Å²) >= 11 is 1.12. The van der Waals surface area contributed by atoms with Gasteiger partial charge >= 0.3 is 0 Å². The number of hydrogen-bond donors (Lipinski definition) is 1. The van der Waals surface area contributed by atoms with Gasteiger partial charge in [0.25, 0.3) is 11.6 Å². The van der Waals surface area contributed by atoms with Crippen molar-refractivity contribution in [2.75, 3.05) is 12.4 Å². The number of aromatic nitrogens is 1. The Morgan fingerprint density at radius 3 is 2.85 bits per heavy atom. The number of methoxy groups -OCH3 is 1. The standard InChI is InChI=1S/C17H11N3O5S/c1-24-12-7-10(20(22)23)8-14-15(12)18-17(26-14)19-16(21)13-6-9-4-2-3-5-11(9)25-13/h2-8H,1H3,(H,18,19,21). The average Bonchev–Trinajstić information content (AvgIpc) is 3.23. The number of furan rings is 1. The van der Waals surface area contributed by atoms with Crippen molar-refractivity contribution in [3.63, 3.8) is 0 Å². The lowest BCUT2D eigenvalue weighted by Crippen LogP contribution is -2.10. The fourth-order valence-corrected chi connectivity index (χ4v) is 3.46. The predicted octanol–water partition coefficient (Wildman–Crippen LogP) is 4.21. The molecule has 1 amide bonds. The molecule has 8 nitrogen and oxygen atoms in total. The molecule has 2 aromatic heterocycles. The van der Waals surface area contributed by atoms with Crippen LogP contribution in [0.1, 0.15) is 10.6 Å². The van der Waals surface area contributed by atoms with Crippen molar-refractivity contribution >= 4 is 49.2 Å². The van der Waals surface area contributed by atoms with Crippen LogP contribution in [0.4, 0.5) is 10.8 Å². The zero-order valence-corrected chi connectivity index (χ0v) is 14.2. The van der Waals surface area contributed by atoms with Gasteiger partial charge in [-0.1, -0.05) is 29.5 Å². The summed E-state index contributed by atoms with van der Waals surface area (Å²) in [4.78, 5) is 27.2. The van der Waals surface area contributed by atoms with Crippen LogP contribution in [0.3, 0.4) is 0 Å². The Morgan fingerprint density at radius 2 is 2.12 bits per heavy atom. The van der Waals surface area contributed by atoms with Gasteiger partial charge < -0.3 is 9.15 Å². The molecule has 0 aliphatic heterocycles. The van der Waals surface area contributed by atoms with E-state index in [1.807, 2.05) is 18.2 Å². The minimum atomic E-state index is -0.506. The number of nitro groups is 1. The van der Waals surface area contributed by atoms with Crippen LogP contribution in [0.15, 0.2) is 46.9 Å². The van der Waals surface area contributed by atoms with Crippen molar-refractivity contribution in [1.82, 2.24) is 4.98 Å². The number of nitrogens with one attached hydrogen (secondary N) is 1. The summed E-state index contributed by atoms with van der Waals surface area (Å²) in [6, 6.07) is 11.6. The van der Waals surface area contributed by atoms with Crippen molar-refractivity contribution in [3.05, 3.63) is 58.3 Å². The Bertz CT molecular complexity index is 1130. The molecule has 2 aromatic carbocycles. The van der Waals surface area contributed by atoms with Crippen LogP contribution in [0.25, 0.3) is 21.2 Å². The molecule has 0 radical (unpaired) electrons. The van der Waals surface area contributed by atoms with Crippen LogP contribution in [-0.4, -0.2) is 22.9 Å². The molecule has 0 unspecified atom stereocenters. The van der Waals surface area contributed by atoms with Gasteiger partial charge in [0.15, 0.2) is 16.6 Å². The number of non-ortho nitro benzene ring substituents is 1. The second-order valence-electron chi connectivity index (χ2n) is 5.37. The lowest BCUT2D eigenvalue weighted by molar-refractivity contribution is -0.384. The third kappa shape index (κ3) is 2.74. The first-order valence-electron chi connectivity index (χ1n) is 7.48. The third-order valence-corrected chi connectivity index (χ3v) is 4.66. The van der Waals surface area contributed by atoms with E-state index in [0.29, 0.717) is 20.9 Å². The van der Waals surface area contributed by atoms with E-state index >= 15 is 0 Å². The van der Waals surface area contributed by atoms with Gasteiger partial charge in [-0.2, -0.15) is 0 Å². The molecule has 9 heteroatoms. The number of thiazole rings is 1. The number of carbonyl (C=O) groups is 1. The van der Waals surface area contributed by atoms with Crippen LogP contribution in [0, 0.1) is 10.1 Å². The fourth-order valence-electron chi connectivity index (χ4n) is 2.55. The molecule has 4 aromatic rings. The molecule has 26 heavy (non-hydrogen) atoms. The second-order valence-corrected chi connectivity index (χ2v) is 6.40. The summed E-state index contributed by atoms with van der Waals surface area (Å²) in [7, 11) is 1.41. The van der Waals surface area contributed by atoms with E-state index in [2.05, 4.69) is 10.3 Å². The van der Waals surface area contributed by atoms with Gasteiger partial charge in [0, 0.05) is 11.5 Å². The number of fused-ring (bicyclic) bond motifs is 2. The highest BCUT2D eigenvalue weighted by molar-refractivity contribution is 7.22. The molecule has 0 atom stereocenters. The Morgan fingerprint density at radius 1 is 1.31 bits per heavy atom. The topological polar surface area (TPSA) is 108 Å². The summed E-state index contributed by atoms with van der Waals surface area (Å²) in [6.45, 7) is 0. The highest BCUT2D eigenvalue weighted by Crippen LogP contribution is 2.36. The van der Waals surface area contributed by atoms with Crippen molar-refractivity contribution in [3.8, 4) is 5.75 Å². The number of ether oxygens (including phenoxy) is 1. The van der Waals surface area contributed by atoms with Crippen molar-refractivity contribution in [2.45, 2.75) is 0 Å². The molecule has 4 rings (SSSR count). The van der Waals surface area contributed by atoms with E-state index in [4.69, 9.17) is 9.15 Å². The first-order valence-corrected chi connectivity index (χ1v) is 8.29. The number of hydrogen-bond acceptors (Lipinski definition) is 7. The van der Waals surface area contributed by atoms with Gasteiger partial charge in [-0.15, -0.1) is 0 Å². The lowest BCUT2D eigenvalue weighted by atomic mass is 10.2. The molecular formula is C17H11N3O5S. The summed E-state index contributed by atoms with van der Waals surface area (Å²) in [5, 5.41) is 14.8. The lowest BCUT2D eigenvalue weighted by Gasteiger charge is -2.00. The molecule has 0 saturated carbocycles. The number of carbonyl (C=O) groups excluding carboxylic acids is 1. The largest absolute Gasteiger partial charge is 0.494 e. The summed E-state index contributed by atoms with van der Waals surface area (Å²) < 4.78 is 11.2. The molecular weight excluding hydrogens is 358 g/mol. The normalized spacial score (nSPS) is 11.0. The maximum atomic E-state index is 12.4. The first kappa shape index (κ1) is 16.0. The van der Waals surface area contributed by atoms with E-state index < -0.39 is 10.8 Å². The van der Waals surface area contributed by atoms with Crippen molar-refractivity contribution in [1.29, 1.82) is 0 Å². The molecule has 2 heterocycles. The highest BCUT2D eigenvalue weighted by atomic mass is 32.1. The van der Waals surface area contributed by atoms with E-state index in [9.17, 15) is 14.9 Å². The van der Waals surface area contributed by atoms with Gasteiger partial charge in [0.1, 0.15) is 11.1 Å². The molecule has 0 aliphatic rings. The van der Waals surface area contributed by atoms with E-state index in [1.165, 1.54) is 19.2 Å². The van der Waals surface area contributed by atoms with E-state index in [0.717, 1.165) is 16.7 Å². The maximum Gasteiger partial charge on any atom is 0.293 e. The monoisotopic (exact) mass is 369 g/mol.